The standard InChI is InChI=1S/C12H18O2S/c1-8-5-9(2)12(14-3)10(6-8)11(13)7-15-4/h5-6,11,13H,7H2,1-4H3. The summed E-state index contributed by atoms with van der Waals surface area (Å²) in [4.78, 5) is 0. The highest BCUT2D eigenvalue weighted by molar-refractivity contribution is 7.98. The molecule has 1 aromatic rings. The SMILES string of the molecule is COc1c(C)cc(C)cc1C(O)CSC. The number of hydrogen-bond acceptors (Lipinski definition) is 3. The van der Waals surface area contributed by atoms with Crippen molar-refractivity contribution in [3.63, 3.8) is 0 Å². The van der Waals surface area contributed by atoms with E-state index in [2.05, 4.69) is 6.07 Å². The summed E-state index contributed by atoms with van der Waals surface area (Å²) in [6, 6.07) is 4.06. The molecule has 0 aliphatic carbocycles. The van der Waals surface area contributed by atoms with E-state index >= 15 is 0 Å². The van der Waals surface area contributed by atoms with E-state index in [-0.39, 0.29) is 0 Å². The zero-order valence-electron chi connectivity index (χ0n) is 9.70. The van der Waals surface area contributed by atoms with Crippen LogP contribution >= 0.6 is 11.8 Å². The number of thioether (sulfide) groups is 1. The Balaban J connectivity index is 3.13. The van der Waals surface area contributed by atoms with Crippen LogP contribution in [0.25, 0.3) is 0 Å². The Bertz CT molecular complexity index is 337. The van der Waals surface area contributed by atoms with Gasteiger partial charge in [-0.2, -0.15) is 11.8 Å². The number of benzene rings is 1. The predicted molar refractivity (Wildman–Crippen MR) is 65.8 cm³/mol. The molecule has 0 saturated carbocycles. The quantitative estimate of drug-likeness (QED) is 0.856. The fourth-order valence-corrected chi connectivity index (χ4v) is 2.26. The Morgan fingerprint density at radius 2 is 2.07 bits per heavy atom. The molecule has 3 heteroatoms. The molecule has 0 amide bonds. The summed E-state index contributed by atoms with van der Waals surface area (Å²) in [5, 5.41) is 9.98. The van der Waals surface area contributed by atoms with Crippen molar-refractivity contribution in [3.05, 3.63) is 28.8 Å². The first-order chi connectivity index (χ1) is 7.10. The van der Waals surface area contributed by atoms with E-state index in [0.717, 1.165) is 22.4 Å². The number of ether oxygens (including phenoxy) is 1. The summed E-state index contributed by atoms with van der Waals surface area (Å²) in [6.45, 7) is 4.03. The molecule has 1 aromatic carbocycles. The molecule has 0 aromatic heterocycles. The third-order valence-corrected chi connectivity index (χ3v) is 2.98. The molecular weight excluding hydrogens is 208 g/mol. The lowest BCUT2D eigenvalue weighted by Gasteiger charge is -2.16. The molecule has 84 valence electrons. The highest BCUT2D eigenvalue weighted by Crippen LogP contribution is 2.31. The van der Waals surface area contributed by atoms with Crippen molar-refractivity contribution in [2.75, 3.05) is 19.1 Å². The van der Waals surface area contributed by atoms with E-state index in [1.54, 1.807) is 18.9 Å². The first kappa shape index (κ1) is 12.4. The first-order valence-corrected chi connectivity index (χ1v) is 6.31. The smallest absolute Gasteiger partial charge is 0.127 e. The van der Waals surface area contributed by atoms with Crippen molar-refractivity contribution in [2.24, 2.45) is 0 Å². The van der Waals surface area contributed by atoms with Gasteiger partial charge in [0.15, 0.2) is 0 Å². The van der Waals surface area contributed by atoms with Gasteiger partial charge in [0.1, 0.15) is 5.75 Å². The zero-order valence-corrected chi connectivity index (χ0v) is 10.5. The van der Waals surface area contributed by atoms with Crippen molar-refractivity contribution >= 4 is 11.8 Å². The number of hydrogen-bond donors (Lipinski definition) is 1. The second-order valence-corrected chi connectivity index (χ2v) is 4.59. The van der Waals surface area contributed by atoms with Crippen molar-refractivity contribution < 1.29 is 9.84 Å². The van der Waals surface area contributed by atoms with Crippen LogP contribution in [-0.2, 0) is 0 Å². The maximum atomic E-state index is 9.98. The Kier molecular flexibility index (Phi) is 4.48. The Hall–Kier alpha value is -0.670. The lowest BCUT2D eigenvalue weighted by atomic mass is 10.0. The normalized spacial score (nSPS) is 12.6. The molecule has 0 spiro atoms. The predicted octanol–water partition coefficient (Wildman–Crippen LogP) is 2.71. The van der Waals surface area contributed by atoms with Gasteiger partial charge in [-0.1, -0.05) is 11.6 Å². The average Bonchev–Trinajstić information content (AvgIpc) is 2.17. The lowest BCUT2D eigenvalue weighted by molar-refractivity contribution is 0.199. The molecule has 0 saturated heterocycles. The largest absolute Gasteiger partial charge is 0.496 e. The molecule has 0 radical (unpaired) electrons. The van der Waals surface area contributed by atoms with Gasteiger partial charge in [0.25, 0.3) is 0 Å². The molecule has 0 bridgehead atoms. The van der Waals surface area contributed by atoms with Gasteiger partial charge in [-0.3, -0.25) is 0 Å². The lowest BCUT2D eigenvalue weighted by Crippen LogP contribution is -2.05. The molecule has 0 heterocycles. The minimum Gasteiger partial charge on any atom is -0.496 e. The minimum absolute atomic E-state index is 0.450. The second-order valence-electron chi connectivity index (χ2n) is 3.68. The summed E-state index contributed by atoms with van der Waals surface area (Å²) in [5.74, 6) is 1.50. The molecule has 0 aliphatic heterocycles. The summed E-state index contributed by atoms with van der Waals surface area (Å²) < 4.78 is 5.33. The maximum absolute atomic E-state index is 9.98. The summed E-state index contributed by atoms with van der Waals surface area (Å²) in [6.07, 6.45) is 1.53. The van der Waals surface area contributed by atoms with E-state index in [0.29, 0.717) is 5.75 Å². The Morgan fingerprint density at radius 3 is 2.60 bits per heavy atom. The molecule has 0 fully saturated rings. The van der Waals surface area contributed by atoms with Gasteiger partial charge >= 0.3 is 0 Å². The van der Waals surface area contributed by atoms with Crippen LogP contribution in [0.1, 0.15) is 22.8 Å². The van der Waals surface area contributed by atoms with Crippen LogP contribution < -0.4 is 4.74 Å². The van der Waals surface area contributed by atoms with Crippen molar-refractivity contribution in [1.82, 2.24) is 0 Å². The van der Waals surface area contributed by atoms with Gasteiger partial charge in [0.05, 0.1) is 13.2 Å². The molecule has 1 rings (SSSR count). The van der Waals surface area contributed by atoms with Crippen LogP contribution in [0.2, 0.25) is 0 Å². The van der Waals surface area contributed by atoms with Gasteiger partial charge in [-0.25, -0.2) is 0 Å². The Morgan fingerprint density at radius 1 is 1.40 bits per heavy atom. The fraction of sp³-hybridized carbons (Fsp3) is 0.500. The number of aryl methyl sites for hydroxylation is 2. The monoisotopic (exact) mass is 226 g/mol. The zero-order chi connectivity index (χ0) is 11.4. The van der Waals surface area contributed by atoms with E-state index in [9.17, 15) is 5.11 Å². The molecule has 0 aliphatic rings. The molecule has 1 unspecified atom stereocenters. The first-order valence-electron chi connectivity index (χ1n) is 4.92. The highest BCUT2D eigenvalue weighted by Gasteiger charge is 2.15. The minimum atomic E-state index is -0.450. The van der Waals surface area contributed by atoms with Gasteiger partial charge in [-0.15, -0.1) is 0 Å². The Labute approximate surface area is 95.7 Å². The van der Waals surface area contributed by atoms with Crippen molar-refractivity contribution in [3.8, 4) is 5.75 Å². The highest BCUT2D eigenvalue weighted by atomic mass is 32.2. The van der Waals surface area contributed by atoms with E-state index in [4.69, 9.17) is 4.74 Å². The van der Waals surface area contributed by atoms with Gasteiger partial charge in [0, 0.05) is 11.3 Å². The van der Waals surface area contributed by atoms with Crippen molar-refractivity contribution in [1.29, 1.82) is 0 Å². The van der Waals surface area contributed by atoms with E-state index in [1.807, 2.05) is 26.2 Å². The summed E-state index contributed by atoms with van der Waals surface area (Å²) in [7, 11) is 1.65. The third-order valence-electron chi connectivity index (χ3n) is 2.34. The van der Waals surface area contributed by atoms with Gasteiger partial charge < -0.3 is 9.84 Å². The van der Waals surface area contributed by atoms with Gasteiger partial charge in [-0.05, 0) is 31.7 Å². The van der Waals surface area contributed by atoms with Crippen LogP contribution in [-0.4, -0.2) is 24.2 Å². The molecule has 2 nitrogen and oxygen atoms in total. The molecule has 15 heavy (non-hydrogen) atoms. The van der Waals surface area contributed by atoms with Crippen LogP contribution in [0.15, 0.2) is 12.1 Å². The van der Waals surface area contributed by atoms with E-state index < -0.39 is 6.10 Å². The second kappa shape index (κ2) is 5.42. The number of methoxy groups -OCH3 is 1. The summed E-state index contributed by atoms with van der Waals surface area (Å²) in [5.41, 5.74) is 3.13. The summed E-state index contributed by atoms with van der Waals surface area (Å²) >= 11 is 1.63. The maximum Gasteiger partial charge on any atom is 0.127 e. The fourth-order valence-electron chi connectivity index (χ4n) is 1.76. The average molecular weight is 226 g/mol. The van der Waals surface area contributed by atoms with Crippen LogP contribution in [0.3, 0.4) is 0 Å². The number of rotatable bonds is 4. The third kappa shape index (κ3) is 2.89. The molecular formula is C12H18O2S. The van der Waals surface area contributed by atoms with Crippen LogP contribution in [0.4, 0.5) is 0 Å². The van der Waals surface area contributed by atoms with Crippen LogP contribution in [0.5, 0.6) is 5.75 Å². The number of aliphatic hydroxyl groups is 1. The van der Waals surface area contributed by atoms with Crippen LogP contribution in [0, 0.1) is 13.8 Å². The topological polar surface area (TPSA) is 29.5 Å². The molecule has 1 N–H and O–H groups in total. The van der Waals surface area contributed by atoms with E-state index in [1.165, 1.54) is 0 Å². The number of aliphatic hydroxyl groups excluding tert-OH is 1. The molecule has 1 atom stereocenters. The van der Waals surface area contributed by atoms with Gasteiger partial charge in [0.2, 0.25) is 0 Å². The van der Waals surface area contributed by atoms with Crippen molar-refractivity contribution in [2.45, 2.75) is 20.0 Å².